The van der Waals surface area contributed by atoms with E-state index in [2.05, 4.69) is 0 Å². The third-order valence-electron chi connectivity index (χ3n) is 3.32. The number of rotatable bonds is 2. The van der Waals surface area contributed by atoms with Crippen LogP contribution in [0.3, 0.4) is 0 Å². The summed E-state index contributed by atoms with van der Waals surface area (Å²) in [5.41, 5.74) is -0.945. The van der Waals surface area contributed by atoms with Crippen LogP contribution in [0, 0.1) is 0 Å². The second kappa shape index (κ2) is 3.73. The first-order valence-corrected chi connectivity index (χ1v) is 5.31. The fourth-order valence-electron chi connectivity index (χ4n) is 2.21. The summed E-state index contributed by atoms with van der Waals surface area (Å²) < 4.78 is 5.29. The molecule has 2 aliphatic heterocycles. The fourth-order valence-corrected chi connectivity index (χ4v) is 2.21. The number of aliphatic hydroxyl groups is 2. The Bertz CT molecular complexity index is 270. The lowest BCUT2D eigenvalue weighted by Crippen LogP contribution is -2.48. The predicted octanol–water partition coefficient (Wildman–Crippen LogP) is -0.881. The van der Waals surface area contributed by atoms with Gasteiger partial charge in [-0.25, -0.2) is 0 Å². The van der Waals surface area contributed by atoms with Gasteiger partial charge in [0, 0.05) is 19.6 Å². The molecule has 2 saturated heterocycles. The summed E-state index contributed by atoms with van der Waals surface area (Å²) in [6.07, 6.45) is -0.110. The van der Waals surface area contributed by atoms with Gasteiger partial charge in [0.25, 0.3) is 0 Å². The Morgan fingerprint density at radius 3 is 2.87 bits per heavy atom. The number of hydrogen-bond acceptors (Lipinski definition) is 4. The normalized spacial score (nSPS) is 41.5. The van der Waals surface area contributed by atoms with E-state index in [9.17, 15) is 15.0 Å². The van der Waals surface area contributed by atoms with Gasteiger partial charge in [-0.05, 0) is 6.92 Å². The van der Waals surface area contributed by atoms with E-state index in [1.807, 2.05) is 6.92 Å². The summed E-state index contributed by atoms with van der Waals surface area (Å²) in [5, 5.41) is 19.5. The molecule has 0 spiro atoms. The van der Waals surface area contributed by atoms with Crippen molar-refractivity contribution >= 4 is 5.91 Å². The largest absolute Gasteiger partial charge is 0.391 e. The summed E-state index contributed by atoms with van der Waals surface area (Å²) in [4.78, 5) is 13.0. The Morgan fingerprint density at radius 2 is 2.40 bits per heavy atom. The average Bonchev–Trinajstić information content (AvgIpc) is 2.60. The minimum Gasteiger partial charge on any atom is -0.391 e. The van der Waals surface area contributed by atoms with Crippen LogP contribution in [0.25, 0.3) is 0 Å². The summed E-state index contributed by atoms with van der Waals surface area (Å²) in [5.74, 6) is -0.0879. The molecule has 5 heteroatoms. The van der Waals surface area contributed by atoms with Crippen molar-refractivity contribution in [3.8, 4) is 0 Å². The van der Waals surface area contributed by atoms with Crippen LogP contribution in [0.2, 0.25) is 0 Å². The number of amides is 1. The van der Waals surface area contributed by atoms with Gasteiger partial charge in [0.2, 0.25) is 5.91 Å². The molecule has 3 unspecified atom stereocenters. The molecule has 0 aromatic rings. The van der Waals surface area contributed by atoms with Crippen LogP contribution in [-0.2, 0) is 9.53 Å². The highest BCUT2D eigenvalue weighted by Gasteiger charge is 2.43. The number of aliphatic hydroxyl groups excluding tert-OH is 1. The van der Waals surface area contributed by atoms with Gasteiger partial charge in [-0.2, -0.15) is 0 Å². The van der Waals surface area contributed by atoms with Gasteiger partial charge in [-0.1, -0.05) is 0 Å². The van der Waals surface area contributed by atoms with Crippen LogP contribution in [0.4, 0.5) is 0 Å². The highest BCUT2D eigenvalue weighted by atomic mass is 16.5. The van der Waals surface area contributed by atoms with Crippen molar-refractivity contribution in [3.05, 3.63) is 0 Å². The van der Waals surface area contributed by atoms with Crippen LogP contribution in [0.5, 0.6) is 0 Å². The second-order valence-electron chi connectivity index (χ2n) is 4.50. The van der Waals surface area contributed by atoms with Crippen LogP contribution in [-0.4, -0.2) is 58.5 Å². The lowest BCUT2D eigenvalue weighted by atomic mass is 9.96. The zero-order chi connectivity index (χ0) is 11.1. The minimum absolute atomic E-state index is 0.0879. The topological polar surface area (TPSA) is 70.0 Å². The quantitative estimate of drug-likeness (QED) is 0.627. The van der Waals surface area contributed by atoms with Crippen molar-refractivity contribution in [3.63, 3.8) is 0 Å². The summed E-state index contributed by atoms with van der Waals surface area (Å²) in [6.45, 7) is 2.93. The van der Waals surface area contributed by atoms with E-state index in [0.717, 1.165) is 0 Å². The lowest BCUT2D eigenvalue weighted by molar-refractivity contribution is -0.132. The third kappa shape index (κ3) is 2.00. The van der Waals surface area contributed by atoms with Gasteiger partial charge < -0.3 is 19.8 Å². The summed E-state index contributed by atoms with van der Waals surface area (Å²) in [6, 6.07) is 0. The molecule has 2 heterocycles. The van der Waals surface area contributed by atoms with E-state index in [1.165, 1.54) is 4.90 Å². The fraction of sp³-hybridized carbons (Fsp3) is 0.900. The Morgan fingerprint density at radius 1 is 1.67 bits per heavy atom. The molecule has 0 bridgehead atoms. The van der Waals surface area contributed by atoms with Crippen LogP contribution < -0.4 is 0 Å². The van der Waals surface area contributed by atoms with Gasteiger partial charge in [-0.3, -0.25) is 4.79 Å². The van der Waals surface area contributed by atoms with Crippen molar-refractivity contribution in [1.82, 2.24) is 4.90 Å². The summed E-state index contributed by atoms with van der Waals surface area (Å²) >= 11 is 0. The number of β-amino-alcohol motifs (C(OH)–C–C–N with tert-alkyl or cyclic N) is 2. The molecule has 0 radical (unpaired) electrons. The molecule has 0 aromatic heterocycles. The maximum atomic E-state index is 11.4. The van der Waals surface area contributed by atoms with Crippen molar-refractivity contribution in [2.75, 3.05) is 19.7 Å². The number of ether oxygens (including phenoxy) is 1. The highest BCUT2D eigenvalue weighted by Crippen LogP contribution is 2.28. The van der Waals surface area contributed by atoms with Crippen LogP contribution in [0.1, 0.15) is 19.8 Å². The van der Waals surface area contributed by atoms with Gasteiger partial charge >= 0.3 is 0 Å². The second-order valence-corrected chi connectivity index (χ2v) is 4.50. The Labute approximate surface area is 88.6 Å². The molecule has 3 atom stereocenters. The number of carbonyl (C=O) groups is 1. The molecule has 86 valence electrons. The van der Waals surface area contributed by atoms with E-state index in [-0.39, 0.29) is 25.0 Å². The molecule has 5 nitrogen and oxygen atoms in total. The molecular formula is C10H17NO4. The first kappa shape index (κ1) is 10.9. The van der Waals surface area contributed by atoms with Crippen molar-refractivity contribution in [2.24, 2.45) is 0 Å². The van der Waals surface area contributed by atoms with Gasteiger partial charge in [0.15, 0.2) is 0 Å². The average molecular weight is 215 g/mol. The molecule has 1 amide bonds. The Balaban J connectivity index is 1.99. The van der Waals surface area contributed by atoms with Crippen molar-refractivity contribution in [1.29, 1.82) is 0 Å². The lowest BCUT2D eigenvalue weighted by Gasteiger charge is -2.30. The molecule has 0 aliphatic carbocycles. The number of carbonyl (C=O) groups excluding carboxylic acids is 1. The third-order valence-corrected chi connectivity index (χ3v) is 3.32. The maximum absolute atomic E-state index is 11.4. The van der Waals surface area contributed by atoms with Gasteiger partial charge in [0.05, 0.1) is 25.2 Å². The molecular weight excluding hydrogens is 198 g/mol. The first-order chi connectivity index (χ1) is 7.01. The monoisotopic (exact) mass is 215 g/mol. The Kier molecular flexibility index (Phi) is 2.70. The van der Waals surface area contributed by atoms with E-state index >= 15 is 0 Å². The zero-order valence-electron chi connectivity index (χ0n) is 8.85. The molecule has 0 aromatic carbocycles. The Hall–Kier alpha value is -0.650. The predicted molar refractivity (Wildman–Crippen MR) is 52.2 cm³/mol. The molecule has 2 fully saturated rings. The molecule has 2 N–H and O–H groups in total. The van der Waals surface area contributed by atoms with Crippen molar-refractivity contribution < 1.29 is 19.7 Å². The highest BCUT2D eigenvalue weighted by molar-refractivity contribution is 5.79. The number of hydrogen-bond donors (Lipinski definition) is 2. The van der Waals surface area contributed by atoms with Crippen molar-refractivity contribution in [2.45, 2.75) is 37.6 Å². The van der Waals surface area contributed by atoms with E-state index in [1.54, 1.807) is 0 Å². The zero-order valence-corrected chi connectivity index (χ0v) is 8.85. The van der Waals surface area contributed by atoms with Gasteiger partial charge in [-0.15, -0.1) is 0 Å². The van der Waals surface area contributed by atoms with Crippen LogP contribution >= 0.6 is 0 Å². The molecule has 15 heavy (non-hydrogen) atoms. The van der Waals surface area contributed by atoms with Crippen LogP contribution in [0.15, 0.2) is 0 Å². The standard InChI is InChI=1S/C10H17NO4/c1-7-10(14,2-3-15-7)6-11-5-8(12)4-9(11)13/h7-8,12,14H,2-6H2,1H3. The van der Waals surface area contributed by atoms with E-state index in [0.29, 0.717) is 19.6 Å². The number of likely N-dealkylation sites (tertiary alicyclic amines) is 1. The SMILES string of the molecule is CC1OCCC1(O)CN1CC(O)CC1=O. The summed E-state index contributed by atoms with van der Waals surface area (Å²) in [7, 11) is 0. The number of nitrogens with zero attached hydrogens (tertiary/aromatic N) is 1. The molecule has 2 aliphatic rings. The first-order valence-electron chi connectivity index (χ1n) is 5.31. The maximum Gasteiger partial charge on any atom is 0.225 e. The molecule has 0 saturated carbocycles. The van der Waals surface area contributed by atoms with Gasteiger partial charge in [0.1, 0.15) is 5.60 Å². The molecule has 2 rings (SSSR count). The van der Waals surface area contributed by atoms with E-state index in [4.69, 9.17) is 4.74 Å². The smallest absolute Gasteiger partial charge is 0.225 e. The van der Waals surface area contributed by atoms with E-state index < -0.39 is 11.7 Å². The minimum atomic E-state index is -0.945.